The second kappa shape index (κ2) is 10.7. The SMILES string of the molecule is CCCCCC(=O)N1CCN(c2ccc(NC(=O)c3cccc(OC)c3)cc2)CC1. The van der Waals surface area contributed by atoms with Gasteiger partial charge >= 0.3 is 0 Å². The van der Waals surface area contributed by atoms with Gasteiger partial charge in [0, 0.05) is 49.5 Å². The van der Waals surface area contributed by atoms with E-state index in [1.54, 1.807) is 25.3 Å². The number of piperazine rings is 1. The van der Waals surface area contributed by atoms with E-state index in [-0.39, 0.29) is 11.8 Å². The van der Waals surface area contributed by atoms with Crippen LogP contribution in [-0.2, 0) is 4.79 Å². The van der Waals surface area contributed by atoms with E-state index in [4.69, 9.17) is 4.74 Å². The molecular weight excluding hydrogens is 378 g/mol. The molecule has 0 aliphatic carbocycles. The fourth-order valence-corrected chi connectivity index (χ4v) is 3.62. The molecule has 1 fully saturated rings. The van der Waals surface area contributed by atoms with Crippen molar-refractivity contribution < 1.29 is 14.3 Å². The lowest BCUT2D eigenvalue weighted by atomic mass is 10.1. The van der Waals surface area contributed by atoms with Gasteiger partial charge in [-0.25, -0.2) is 0 Å². The van der Waals surface area contributed by atoms with Crippen molar-refractivity contribution in [2.75, 3.05) is 43.5 Å². The van der Waals surface area contributed by atoms with Crippen molar-refractivity contribution in [1.82, 2.24) is 4.90 Å². The van der Waals surface area contributed by atoms with Crippen molar-refractivity contribution in [1.29, 1.82) is 0 Å². The molecule has 0 aromatic heterocycles. The van der Waals surface area contributed by atoms with E-state index in [1.165, 1.54) is 0 Å². The molecule has 0 bridgehead atoms. The Morgan fingerprint density at radius 2 is 1.73 bits per heavy atom. The summed E-state index contributed by atoms with van der Waals surface area (Å²) in [7, 11) is 1.58. The van der Waals surface area contributed by atoms with Crippen LogP contribution in [0.1, 0.15) is 43.0 Å². The molecule has 30 heavy (non-hydrogen) atoms. The lowest BCUT2D eigenvalue weighted by Gasteiger charge is -2.36. The van der Waals surface area contributed by atoms with E-state index >= 15 is 0 Å². The molecule has 1 aliphatic heterocycles. The number of unbranched alkanes of at least 4 members (excludes halogenated alkanes) is 2. The van der Waals surface area contributed by atoms with Crippen LogP contribution < -0.4 is 15.0 Å². The van der Waals surface area contributed by atoms with Crippen LogP contribution in [0.3, 0.4) is 0 Å². The van der Waals surface area contributed by atoms with Crippen LogP contribution in [-0.4, -0.2) is 50.0 Å². The number of hydrogen-bond acceptors (Lipinski definition) is 4. The topological polar surface area (TPSA) is 61.9 Å². The minimum Gasteiger partial charge on any atom is -0.497 e. The Morgan fingerprint density at radius 1 is 1.00 bits per heavy atom. The number of amides is 2. The van der Waals surface area contributed by atoms with Crippen LogP contribution in [0.5, 0.6) is 5.75 Å². The summed E-state index contributed by atoms with van der Waals surface area (Å²) in [6, 6.07) is 14.9. The minimum absolute atomic E-state index is 0.170. The smallest absolute Gasteiger partial charge is 0.255 e. The van der Waals surface area contributed by atoms with Gasteiger partial charge in [-0.05, 0) is 48.9 Å². The highest BCUT2D eigenvalue weighted by atomic mass is 16.5. The summed E-state index contributed by atoms with van der Waals surface area (Å²) < 4.78 is 5.17. The molecule has 1 heterocycles. The highest BCUT2D eigenvalue weighted by Crippen LogP contribution is 2.21. The molecule has 1 aliphatic rings. The van der Waals surface area contributed by atoms with Crippen molar-refractivity contribution in [2.24, 2.45) is 0 Å². The average molecular weight is 410 g/mol. The Bertz CT molecular complexity index is 843. The van der Waals surface area contributed by atoms with Crippen molar-refractivity contribution in [3.05, 3.63) is 54.1 Å². The molecule has 0 atom stereocenters. The summed E-state index contributed by atoms with van der Waals surface area (Å²) in [6.45, 7) is 5.33. The predicted octanol–water partition coefficient (Wildman–Crippen LogP) is 4.18. The highest BCUT2D eigenvalue weighted by molar-refractivity contribution is 6.04. The lowest BCUT2D eigenvalue weighted by Crippen LogP contribution is -2.48. The van der Waals surface area contributed by atoms with E-state index in [0.29, 0.717) is 17.7 Å². The summed E-state index contributed by atoms with van der Waals surface area (Å²) in [6.07, 6.45) is 3.90. The maximum Gasteiger partial charge on any atom is 0.255 e. The number of methoxy groups -OCH3 is 1. The average Bonchev–Trinajstić information content (AvgIpc) is 2.80. The first-order chi connectivity index (χ1) is 14.6. The Kier molecular flexibility index (Phi) is 7.71. The number of hydrogen-bond donors (Lipinski definition) is 1. The Balaban J connectivity index is 1.51. The fraction of sp³-hybridized carbons (Fsp3) is 0.417. The van der Waals surface area contributed by atoms with E-state index < -0.39 is 0 Å². The molecule has 0 spiro atoms. The van der Waals surface area contributed by atoms with E-state index in [9.17, 15) is 9.59 Å². The fourth-order valence-electron chi connectivity index (χ4n) is 3.62. The number of carbonyl (C=O) groups excluding carboxylic acids is 2. The molecular formula is C24H31N3O3. The number of rotatable bonds is 8. The van der Waals surface area contributed by atoms with E-state index in [1.807, 2.05) is 35.2 Å². The molecule has 160 valence electrons. The van der Waals surface area contributed by atoms with Gasteiger partial charge < -0.3 is 19.9 Å². The molecule has 1 saturated heterocycles. The molecule has 6 nitrogen and oxygen atoms in total. The Hall–Kier alpha value is -3.02. The summed E-state index contributed by atoms with van der Waals surface area (Å²) >= 11 is 0. The van der Waals surface area contributed by atoms with E-state index in [0.717, 1.165) is 56.8 Å². The van der Waals surface area contributed by atoms with Crippen LogP contribution in [0.4, 0.5) is 11.4 Å². The zero-order valence-corrected chi connectivity index (χ0v) is 17.9. The molecule has 3 rings (SSSR count). The van der Waals surface area contributed by atoms with Crippen LogP contribution in [0, 0.1) is 0 Å². The van der Waals surface area contributed by atoms with Crippen molar-refractivity contribution >= 4 is 23.2 Å². The van der Waals surface area contributed by atoms with Crippen molar-refractivity contribution in [2.45, 2.75) is 32.6 Å². The van der Waals surface area contributed by atoms with Gasteiger partial charge in [0.15, 0.2) is 0 Å². The van der Waals surface area contributed by atoms with Gasteiger partial charge in [-0.15, -0.1) is 0 Å². The van der Waals surface area contributed by atoms with Crippen LogP contribution in [0.2, 0.25) is 0 Å². The third-order valence-electron chi connectivity index (χ3n) is 5.45. The van der Waals surface area contributed by atoms with Gasteiger partial charge in [0.1, 0.15) is 5.75 Å². The molecule has 1 N–H and O–H groups in total. The normalized spacial score (nSPS) is 13.8. The largest absolute Gasteiger partial charge is 0.497 e. The second-order valence-electron chi connectivity index (χ2n) is 7.56. The molecule has 2 aromatic carbocycles. The van der Waals surface area contributed by atoms with Crippen molar-refractivity contribution in [3.63, 3.8) is 0 Å². The zero-order chi connectivity index (χ0) is 21.3. The molecule has 2 aromatic rings. The first-order valence-corrected chi connectivity index (χ1v) is 10.7. The number of ether oxygens (including phenoxy) is 1. The van der Waals surface area contributed by atoms with Crippen LogP contribution >= 0.6 is 0 Å². The van der Waals surface area contributed by atoms with Gasteiger partial charge in [0.2, 0.25) is 5.91 Å². The van der Waals surface area contributed by atoms with E-state index in [2.05, 4.69) is 17.1 Å². The monoisotopic (exact) mass is 409 g/mol. The molecule has 6 heteroatoms. The Labute approximate surface area is 178 Å². The molecule has 0 radical (unpaired) electrons. The van der Waals surface area contributed by atoms with Crippen LogP contribution in [0.15, 0.2) is 48.5 Å². The molecule has 2 amide bonds. The Morgan fingerprint density at radius 3 is 2.40 bits per heavy atom. The maximum absolute atomic E-state index is 12.4. The highest BCUT2D eigenvalue weighted by Gasteiger charge is 2.20. The zero-order valence-electron chi connectivity index (χ0n) is 17.9. The summed E-state index contributed by atoms with van der Waals surface area (Å²) in [5.74, 6) is 0.761. The first kappa shape index (κ1) is 21.7. The third-order valence-corrected chi connectivity index (χ3v) is 5.45. The number of nitrogens with zero attached hydrogens (tertiary/aromatic N) is 2. The number of nitrogens with one attached hydrogen (secondary N) is 1. The van der Waals surface area contributed by atoms with Gasteiger partial charge in [0.05, 0.1) is 7.11 Å². The minimum atomic E-state index is -0.170. The quantitative estimate of drug-likeness (QED) is 0.665. The number of benzene rings is 2. The standard InChI is InChI=1S/C24H31N3O3/c1-3-4-5-9-23(28)27-16-14-26(15-17-27)21-12-10-20(11-13-21)25-24(29)19-7-6-8-22(18-19)30-2/h6-8,10-13,18H,3-5,9,14-17H2,1-2H3,(H,25,29). The summed E-state index contributed by atoms with van der Waals surface area (Å²) in [5, 5.41) is 2.92. The second-order valence-corrected chi connectivity index (χ2v) is 7.56. The van der Waals surface area contributed by atoms with Gasteiger partial charge in [-0.1, -0.05) is 25.8 Å². The predicted molar refractivity (Wildman–Crippen MR) is 120 cm³/mol. The summed E-state index contributed by atoms with van der Waals surface area (Å²) in [5.41, 5.74) is 2.40. The third kappa shape index (κ3) is 5.75. The van der Waals surface area contributed by atoms with Gasteiger partial charge in [-0.3, -0.25) is 9.59 Å². The van der Waals surface area contributed by atoms with Crippen LogP contribution in [0.25, 0.3) is 0 Å². The molecule has 0 saturated carbocycles. The van der Waals surface area contributed by atoms with Gasteiger partial charge in [-0.2, -0.15) is 0 Å². The summed E-state index contributed by atoms with van der Waals surface area (Å²) in [4.78, 5) is 29.0. The van der Waals surface area contributed by atoms with Gasteiger partial charge in [0.25, 0.3) is 5.91 Å². The first-order valence-electron chi connectivity index (χ1n) is 10.7. The lowest BCUT2D eigenvalue weighted by molar-refractivity contribution is -0.131. The van der Waals surface area contributed by atoms with Crippen molar-refractivity contribution in [3.8, 4) is 5.75 Å². The maximum atomic E-state index is 12.4. The number of anilines is 2. The number of carbonyl (C=O) groups is 2. The molecule has 0 unspecified atom stereocenters.